The topological polar surface area (TPSA) is 63.9 Å². The largest absolute Gasteiger partial charge is 0.494 e. The molecule has 0 atom stereocenters. The summed E-state index contributed by atoms with van der Waals surface area (Å²) in [6.45, 7) is 10.2. The highest BCUT2D eigenvalue weighted by Gasteiger charge is 2.29. The van der Waals surface area contributed by atoms with Gasteiger partial charge in [-0.15, -0.1) is 11.3 Å². The lowest BCUT2D eigenvalue weighted by Gasteiger charge is -2.31. The molecule has 4 aromatic rings. The fourth-order valence-electron chi connectivity index (χ4n) is 5.38. The van der Waals surface area contributed by atoms with Gasteiger partial charge in [-0.1, -0.05) is 42.5 Å². The normalized spacial score (nSPS) is 15.8. The molecule has 1 aliphatic heterocycles. The van der Waals surface area contributed by atoms with Crippen molar-refractivity contribution in [3.8, 4) is 17.0 Å². The summed E-state index contributed by atoms with van der Waals surface area (Å²) in [5, 5.41) is 2.10. The number of nitrogens with zero attached hydrogens (tertiary/aromatic N) is 3. The standard InChI is InChI=1S/C33H39N3O3S2/c1-5-39-29-15-13-28(14-16-29)34-32-36(33(2,3)4)31(24-40-32)27-11-17-30(18-12-27)41(37,38)35-21-19-26(20-22-35)23-25-9-7-6-8-10-25/h6-18,24,26H,5,19-23H2,1-4H3. The summed E-state index contributed by atoms with van der Waals surface area (Å²) >= 11 is 1.58. The Morgan fingerprint density at radius 2 is 1.59 bits per heavy atom. The fraction of sp³-hybridized carbons (Fsp3) is 0.364. The Kier molecular flexibility index (Phi) is 8.82. The van der Waals surface area contributed by atoms with Gasteiger partial charge < -0.3 is 9.30 Å². The van der Waals surface area contributed by atoms with E-state index in [4.69, 9.17) is 9.73 Å². The Labute approximate surface area is 248 Å². The van der Waals surface area contributed by atoms with Crippen LogP contribution < -0.4 is 9.54 Å². The average molecular weight is 590 g/mol. The van der Waals surface area contributed by atoms with Crippen LogP contribution >= 0.6 is 11.3 Å². The number of sulfonamides is 1. The Balaban J connectivity index is 1.34. The van der Waals surface area contributed by atoms with Gasteiger partial charge in [0.2, 0.25) is 10.0 Å². The van der Waals surface area contributed by atoms with Crippen LogP contribution in [0.15, 0.2) is 94.1 Å². The lowest BCUT2D eigenvalue weighted by atomic mass is 9.91. The maximum atomic E-state index is 13.5. The quantitative estimate of drug-likeness (QED) is 0.218. The molecule has 0 N–H and O–H groups in total. The van der Waals surface area contributed by atoms with E-state index in [1.807, 2.05) is 49.4 Å². The third-order valence-electron chi connectivity index (χ3n) is 7.48. The molecule has 0 radical (unpaired) electrons. The maximum Gasteiger partial charge on any atom is 0.243 e. The van der Waals surface area contributed by atoms with Crippen LogP contribution in [0.1, 0.15) is 46.1 Å². The minimum atomic E-state index is -3.54. The molecule has 1 saturated heterocycles. The third-order valence-corrected chi connectivity index (χ3v) is 10.2. The van der Waals surface area contributed by atoms with Gasteiger partial charge in [0.05, 0.1) is 22.9 Å². The first-order chi connectivity index (χ1) is 19.6. The molecule has 0 amide bonds. The summed E-state index contributed by atoms with van der Waals surface area (Å²) in [5.41, 5.74) is 3.92. The van der Waals surface area contributed by atoms with Crippen molar-refractivity contribution < 1.29 is 13.2 Å². The van der Waals surface area contributed by atoms with Gasteiger partial charge in [-0.05, 0) is 100 Å². The SMILES string of the molecule is CCOc1ccc(N=c2scc(-c3ccc(S(=O)(=O)N4CCC(Cc5ccccc5)CC4)cc3)n2C(C)(C)C)cc1. The summed E-state index contributed by atoms with van der Waals surface area (Å²) in [6.07, 6.45) is 2.77. The highest BCUT2D eigenvalue weighted by atomic mass is 32.2. The second-order valence-corrected chi connectivity index (χ2v) is 14.3. The van der Waals surface area contributed by atoms with Crippen molar-refractivity contribution in [3.05, 3.63) is 94.6 Å². The Morgan fingerprint density at radius 3 is 2.20 bits per heavy atom. The molecule has 1 aliphatic rings. The molecule has 0 spiro atoms. The summed E-state index contributed by atoms with van der Waals surface area (Å²) < 4.78 is 36.4. The van der Waals surface area contributed by atoms with Gasteiger partial charge in [0.25, 0.3) is 0 Å². The van der Waals surface area contributed by atoms with Gasteiger partial charge in [-0.25, -0.2) is 13.4 Å². The summed E-state index contributed by atoms with van der Waals surface area (Å²) in [5.74, 6) is 1.34. The van der Waals surface area contributed by atoms with Crippen LogP contribution in [-0.2, 0) is 22.0 Å². The highest BCUT2D eigenvalue weighted by Crippen LogP contribution is 2.30. The molecular formula is C33H39N3O3S2. The van der Waals surface area contributed by atoms with Gasteiger partial charge in [0.1, 0.15) is 5.75 Å². The molecule has 1 fully saturated rings. The Morgan fingerprint density at radius 1 is 0.927 bits per heavy atom. The van der Waals surface area contributed by atoms with E-state index in [1.165, 1.54) is 5.56 Å². The zero-order valence-electron chi connectivity index (χ0n) is 24.3. The number of hydrogen-bond acceptors (Lipinski definition) is 5. The number of piperidine rings is 1. The predicted octanol–water partition coefficient (Wildman–Crippen LogP) is 7.25. The fourth-order valence-corrected chi connectivity index (χ4v) is 7.94. The summed E-state index contributed by atoms with van der Waals surface area (Å²) in [4.78, 5) is 6.16. The van der Waals surface area contributed by atoms with Crippen LogP contribution in [0, 0.1) is 5.92 Å². The summed E-state index contributed by atoms with van der Waals surface area (Å²) in [7, 11) is -3.54. The van der Waals surface area contributed by atoms with Crippen molar-refractivity contribution >= 4 is 27.0 Å². The van der Waals surface area contributed by atoms with Crippen molar-refractivity contribution in [3.63, 3.8) is 0 Å². The molecule has 1 aromatic heterocycles. The average Bonchev–Trinajstić information content (AvgIpc) is 3.39. The number of hydrogen-bond donors (Lipinski definition) is 0. The molecule has 8 heteroatoms. The van der Waals surface area contributed by atoms with Crippen LogP contribution in [0.5, 0.6) is 5.75 Å². The zero-order valence-corrected chi connectivity index (χ0v) is 25.9. The Hall–Kier alpha value is -3.20. The molecular weight excluding hydrogens is 551 g/mol. The monoisotopic (exact) mass is 589 g/mol. The lowest BCUT2D eigenvalue weighted by molar-refractivity contribution is 0.273. The molecule has 0 saturated carbocycles. The van der Waals surface area contributed by atoms with Crippen molar-refractivity contribution in [2.75, 3.05) is 19.7 Å². The van der Waals surface area contributed by atoms with E-state index in [1.54, 1.807) is 27.8 Å². The van der Waals surface area contributed by atoms with Crippen molar-refractivity contribution in [2.45, 2.75) is 57.4 Å². The van der Waals surface area contributed by atoms with E-state index in [0.717, 1.165) is 46.8 Å². The van der Waals surface area contributed by atoms with Gasteiger partial charge in [0.15, 0.2) is 4.80 Å². The molecule has 0 bridgehead atoms. The lowest BCUT2D eigenvalue weighted by Crippen LogP contribution is -2.38. The summed E-state index contributed by atoms with van der Waals surface area (Å²) in [6, 6.07) is 25.6. The van der Waals surface area contributed by atoms with Gasteiger partial charge >= 0.3 is 0 Å². The van der Waals surface area contributed by atoms with E-state index in [9.17, 15) is 8.42 Å². The Bertz CT molecular complexity index is 1610. The van der Waals surface area contributed by atoms with Crippen molar-refractivity contribution in [1.82, 2.24) is 8.87 Å². The smallest absolute Gasteiger partial charge is 0.243 e. The maximum absolute atomic E-state index is 13.5. The van der Waals surface area contributed by atoms with E-state index in [-0.39, 0.29) is 5.54 Å². The number of benzene rings is 3. The second-order valence-electron chi connectivity index (χ2n) is 11.5. The van der Waals surface area contributed by atoms with Gasteiger partial charge in [0, 0.05) is 24.0 Å². The van der Waals surface area contributed by atoms with E-state index in [0.29, 0.717) is 30.5 Å². The van der Waals surface area contributed by atoms with Crippen molar-refractivity contribution in [1.29, 1.82) is 0 Å². The molecule has 2 heterocycles. The van der Waals surface area contributed by atoms with Crippen LogP contribution in [0.3, 0.4) is 0 Å². The molecule has 0 unspecified atom stereocenters. The molecule has 0 aliphatic carbocycles. The second kappa shape index (κ2) is 12.3. The van der Waals surface area contributed by atoms with Gasteiger partial charge in [-0.3, -0.25) is 0 Å². The molecule has 216 valence electrons. The highest BCUT2D eigenvalue weighted by molar-refractivity contribution is 7.89. The minimum Gasteiger partial charge on any atom is -0.494 e. The number of thiazole rings is 1. The first kappa shape index (κ1) is 29.3. The zero-order chi connectivity index (χ0) is 29.0. The molecule has 6 nitrogen and oxygen atoms in total. The molecule has 5 rings (SSSR count). The number of rotatable bonds is 8. The first-order valence-corrected chi connectivity index (χ1v) is 16.6. The number of aromatic nitrogens is 1. The van der Waals surface area contributed by atoms with E-state index < -0.39 is 10.0 Å². The predicted molar refractivity (Wildman–Crippen MR) is 167 cm³/mol. The molecule has 41 heavy (non-hydrogen) atoms. The van der Waals surface area contributed by atoms with Crippen LogP contribution in [0.4, 0.5) is 5.69 Å². The van der Waals surface area contributed by atoms with Crippen molar-refractivity contribution in [2.24, 2.45) is 10.9 Å². The van der Waals surface area contributed by atoms with Crippen LogP contribution in [-0.4, -0.2) is 37.0 Å². The van der Waals surface area contributed by atoms with E-state index >= 15 is 0 Å². The van der Waals surface area contributed by atoms with Gasteiger partial charge in [-0.2, -0.15) is 4.31 Å². The van der Waals surface area contributed by atoms with Crippen LogP contribution in [0.25, 0.3) is 11.3 Å². The minimum absolute atomic E-state index is 0.228. The number of ether oxygens (including phenoxy) is 1. The molecule has 3 aromatic carbocycles. The van der Waals surface area contributed by atoms with Crippen LogP contribution in [0.2, 0.25) is 0 Å². The van der Waals surface area contributed by atoms with E-state index in [2.05, 4.69) is 55.0 Å². The first-order valence-electron chi connectivity index (χ1n) is 14.3. The third kappa shape index (κ3) is 6.83.